The molecule has 1 aromatic carbocycles. The third-order valence-corrected chi connectivity index (χ3v) is 2.05. The fraction of sp³-hybridized carbons (Fsp3) is 0.222. The van der Waals surface area contributed by atoms with Gasteiger partial charge in [-0.05, 0) is 18.2 Å². The van der Waals surface area contributed by atoms with Crippen LogP contribution in [0.1, 0.15) is 18.0 Å². The van der Waals surface area contributed by atoms with Crippen molar-refractivity contribution in [2.45, 2.75) is 12.5 Å². The van der Waals surface area contributed by atoms with E-state index in [1.807, 2.05) is 0 Å². The summed E-state index contributed by atoms with van der Waals surface area (Å²) in [5.41, 5.74) is 3.73. The maximum absolute atomic E-state index is 13.2. The number of rotatable bonds is 3. The highest BCUT2D eigenvalue weighted by Crippen LogP contribution is 2.20. The number of quaternary nitrogens is 1. The number of benzene rings is 1. The van der Waals surface area contributed by atoms with E-state index in [2.05, 4.69) is 5.73 Å². The largest absolute Gasteiger partial charge is 0.550 e. The summed E-state index contributed by atoms with van der Waals surface area (Å²) < 4.78 is 13.2. The molecule has 0 aromatic heterocycles. The van der Waals surface area contributed by atoms with Crippen molar-refractivity contribution in [3.63, 3.8) is 0 Å². The molecule has 0 aliphatic heterocycles. The van der Waals surface area contributed by atoms with Crippen LogP contribution >= 0.6 is 11.6 Å². The van der Waals surface area contributed by atoms with Crippen LogP contribution in [0.2, 0.25) is 5.02 Å². The predicted molar refractivity (Wildman–Crippen MR) is 46.7 cm³/mol. The first kappa shape index (κ1) is 10.9. The van der Waals surface area contributed by atoms with Gasteiger partial charge in [0.25, 0.3) is 0 Å². The first-order chi connectivity index (χ1) is 6.50. The van der Waals surface area contributed by atoms with Crippen LogP contribution in [0.3, 0.4) is 0 Å². The molecule has 0 spiro atoms. The van der Waals surface area contributed by atoms with Crippen LogP contribution in [0, 0.1) is 5.82 Å². The Labute approximate surface area is 85.3 Å². The second-order valence-corrected chi connectivity index (χ2v) is 3.38. The van der Waals surface area contributed by atoms with Gasteiger partial charge < -0.3 is 15.6 Å². The summed E-state index contributed by atoms with van der Waals surface area (Å²) >= 11 is 5.64. The van der Waals surface area contributed by atoms with Crippen molar-refractivity contribution in [1.29, 1.82) is 0 Å². The molecule has 0 saturated carbocycles. The third kappa shape index (κ3) is 2.68. The van der Waals surface area contributed by atoms with E-state index >= 15 is 0 Å². The molecule has 0 saturated heterocycles. The SMILES string of the molecule is [NH3+][C@H](CC(=O)[O-])c1cc(Cl)ccc1F. The number of aliphatic carboxylic acids is 1. The van der Waals surface area contributed by atoms with Crippen molar-refractivity contribution in [2.75, 3.05) is 0 Å². The third-order valence-electron chi connectivity index (χ3n) is 1.81. The van der Waals surface area contributed by atoms with Gasteiger partial charge in [-0.2, -0.15) is 0 Å². The molecule has 0 heterocycles. The van der Waals surface area contributed by atoms with Gasteiger partial charge in [0, 0.05) is 23.0 Å². The van der Waals surface area contributed by atoms with Crippen LogP contribution in [-0.2, 0) is 4.79 Å². The summed E-state index contributed by atoms with van der Waals surface area (Å²) in [5, 5.41) is 10.6. The van der Waals surface area contributed by atoms with Gasteiger partial charge in [-0.25, -0.2) is 4.39 Å². The van der Waals surface area contributed by atoms with Gasteiger partial charge in [0.15, 0.2) is 0 Å². The van der Waals surface area contributed by atoms with E-state index in [4.69, 9.17) is 11.6 Å². The van der Waals surface area contributed by atoms with Crippen LogP contribution in [0.4, 0.5) is 4.39 Å². The number of halogens is 2. The summed E-state index contributed by atoms with van der Waals surface area (Å²) in [4.78, 5) is 10.3. The summed E-state index contributed by atoms with van der Waals surface area (Å²) in [6, 6.07) is 3.27. The zero-order chi connectivity index (χ0) is 10.7. The molecule has 0 amide bonds. The Morgan fingerprint density at radius 2 is 2.29 bits per heavy atom. The minimum absolute atomic E-state index is 0.196. The van der Waals surface area contributed by atoms with Crippen LogP contribution in [0.15, 0.2) is 18.2 Å². The summed E-state index contributed by atoms with van der Waals surface area (Å²) in [6.45, 7) is 0. The molecule has 3 nitrogen and oxygen atoms in total. The predicted octanol–water partition coefficient (Wildman–Crippen LogP) is -0.0979. The first-order valence-electron chi connectivity index (χ1n) is 3.98. The van der Waals surface area contributed by atoms with Crippen molar-refractivity contribution in [3.05, 3.63) is 34.6 Å². The number of carbonyl (C=O) groups excluding carboxylic acids is 1. The van der Waals surface area contributed by atoms with E-state index in [0.29, 0.717) is 5.02 Å². The fourth-order valence-electron chi connectivity index (χ4n) is 1.14. The minimum Gasteiger partial charge on any atom is -0.550 e. The van der Waals surface area contributed by atoms with Gasteiger partial charge in [0.1, 0.15) is 11.9 Å². The Balaban J connectivity index is 2.93. The van der Waals surface area contributed by atoms with Crippen molar-refractivity contribution in [2.24, 2.45) is 0 Å². The molecular weight excluding hydrogens is 209 g/mol. The Kier molecular flexibility index (Phi) is 3.43. The van der Waals surface area contributed by atoms with Gasteiger partial charge in [-0.15, -0.1) is 0 Å². The van der Waals surface area contributed by atoms with E-state index in [0.717, 1.165) is 0 Å². The van der Waals surface area contributed by atoms with Crippen LogP contribution in [0.25, 0.3) is 0 Å². The van der Waals surface area contributed by atoms with Gasteiger partial charge in [-0.1, -0.05) is 11.6 Å². The molecule has 1 rings (SSSR count). The topological polar surface area (TPSA) is 67.8 Å². The number of hydrogen-bond acceptors (Lipinski definition) is 2. The fourth-order valence-corrected chi connectivity index (χ4v) is 1.32. The highest BCUT2D eigenvalue weighted by atomic mass is 35.5. The zero-order valence-corrected chi connectivity index (χ0v) is 8.05. The smallest absolute Gasteiger partial charge is 0.132 e. The number of carboxylic acid groups (broad SMARTS) is 1. The zero-order valence-electron chi connectivity index (χ0n) is 7.30. The molecule has 0 bridgehead atoms. The van der Waals surface area contributed by atoms with E-state index in [-0.39, 0.29) is 12.0 Å². The molecule has 0 aliphatic carbocycles. The Morgan fingerprint density at radius 1 is 1.64 bits per heavy atom. The Morgan fingerprint density at radius 3 is 2.86 bits per heavy atom. The lowest BCUT2D eigenvalue weighted by molar-refractivity contribution is -0.431. The van der Waals surface area contributed by atoms with E-state index < -0.39 is 17.8 Å². The van der Waals surface area contributed by atoms with Gasteiger partial charge in [-0.3, -0.25) is 0 Å². The molecule has 0 radical (unpaired) electrons. The van der Waals surface area contributed by atoms with Crippen molar-refractivity contribution < 1.29 is 20.0 Å². The van der Waals surface area contributed by atoms with Crippen molar-refractivity contribution in [1.82, 2.24) is 0 Å². The Hall–Kier alpha value is -1.13. The maximum Gasteiger partial charge on any atom is 0.132 e. The molecule has 14 heavy (non-hydrogen) atoms. The average molecular weight is 218 g/mol. The molecule has 1 atom stereocenters. The average Bonchev–Trinajstić information content (AvgIpc) is 2.08. The molecule has 3 N–H and O–H groups in total. The van der Waals surface area contributed by atoms with E-state index in [1.165, 1.54) is 18.2 Å². The molecule has 1 aromatic rings. The standard InChI is InChI=1S/C9H9ClFNO2/c10-5-1-2-7(11)6(3-5)8(12)4-9(13)14/h1-3,8H,4,12H2,(H,13,14)/t8-/m1/s1. The second kappa shape index (κ2) is 4.39. The highest BCUT2D eigenvalue weighted by Gasteiger charge is 2.15. The van der Waals surface area contributed by atoms with Gasteiger partial charge in [0.2, 0.25) is 0 Å². The van der Waals surface area contributed by atoms with Crippen LogP contribution in [-0.4, -0.2) is 5.97 Å². The monoisotopic (exact) mass is 217 g/mol. The van der Waals surface area contributed by atoms with Gasteiger partial charge in [0.05, 0.1) is 0 Å². The molecule has 0 unspecified atom stereocenters. The normalized spacial score (nSPS) is 12.5. The molecule has 76 valence electrons. The summed E-state index contributed by atoms with van der Waals surface area (Å²) in [7, 11) is 0. The Bertz CT molecular complexity index is 357. The molecule has 0 fully saturated rings. The summed E-state index contributed by atoms with van der Waals surface area (Å²) in [6.07, 6.45) is -0.322. The molecular formula is C9H9ClFNO2. The second-order valence-electron chi connectivity index (χ2n) is 2.94. The lowest BCUT2D eigenvalue weighted by Crippen LogP contribution is -2.55. The molecule has 0 aliphatic rings. The lowest BCUT2D eigenvalue weighted by atomic mass is 10.0. The molecule has 5 heteroatoms. The van der Waals surface area contributed by atoms with Crippen LogP contribution < -0.4 is 10.8 Å². The number of hydrogen-bond donors (Lipinski definition) is 1. The minimum atomic E-state index is -1.26. The van der Waals surface area contributed by atoms with Crippen molar-refractivity contribution in [3.8, 4) is 0 Å². The summed E-state index contributed by atoms with van der Waals surface area (Å²) in [5.74, 6) is -1.76. The quantitative estimate of drug-likeness (QED) is 0.769. The number of carbonyl (C=O) groups is 1. The van der Waals surface area contributed by atoms with E-state index in [9.17, 15) is 14.3 Å². The highest BCUT2D eigenvalue weighted by molar-refractivity contribution is 6.30. The maximum atomic E-state index is 13.2. The first-order valence-corrected chi connectivity index (χ1v) is 4.36. The van der Waals surface area contributed by atoms with Crippen LogP contribution in [0.5, 0.6) is 0 Å². The van der Waals surface area contributed by atoms with Gasteiger partial charge >= 0.3 is 0 Å². The van der Waals surface area contributed by atoms with Crippen molar-refractivity contribution >= 4 is 17.6 Å². The van der Waals surface area contributed by atoms with E-state index in [1.54, 1.807) is 0 Å². The number of carboxylic acids is 1. The lowest BCUT2D eigenvalue weighted by Gasteiger charge is -2.10.